The van der Waals surface area contributed by atoms with Crippen LogP contribution in [-0.4, -0.2) is 8.48 Å². The van der Waals surface area contributed by atoms with Crippen LogP contribution in [0.15, 0.2) is 0 Å². The van der Waals surface area contributed by atoms with Crippen LogP contribution < -0.4 is 0 Å². The van der Waals surface area contributed by atoms with Crippen molar-refractivity contribution in [2.45, 2.75) is 16.6 Å². The maximum absolute atomic E-state index is 10.6. The van der Waals surface area contributed by atoms with Gasteiger partial charge in [0.1, 0.15) is 0 Å². The second-order valence-corrected chi connectivity index (χ2v) is 6.60. The van der Waals surface area contributed by atoms with Crippen LogP contribution in [0.5, 0.6) is 0 Å². The molecule has 0 aromatic heterocycles. The van der Waals surface area contributed by atoms with Crippen LogP contribution in [0.3, 0.4) is 0 Å². The van der Waals surface area contributed by atoms with E-state index in [0.717, 1.165) is 6.42 Å². The molecule has 1 rings (SSSR count). The van der Waals surface area contributed by atoms with Crippen LogP contribution in [0.25, 0.3) is 0 Å². The predicted molar refractivity (Wildman–Crippen MR) is 44.2 cm³/mol. The highest BCUT2D eigenvalue weighted by Crippen LogP contribution is 2.67. The molecule has 4 heteroatoms. The summed E-state index contributed by atoms with van der Waals surface area (Å²) in [5.41, 5.74) is -0.394. The smallest absolute Gasteiger partial charge is 0.229 e. The third-order valence-corrected chi connectivity index (χ3v) is 4.42. The fourth-order valence-electron chi connectivity index (χ4n) is 0.613. The first-order chi connectivity index (χ1) is 3.90. The molecule has 0 N–H and O–H groups in total. The summed E-state index contributed by atoms with van der Waals surface area (Å²) in [6.07, 6.45) is 0.766. The van der Waals surface area contributed by atoms with Gasteiger partial charge in [-0.15, -0.1) is 0 Å². The Hall–Kier alpha value is 0.920. The van der Waals surface area contributed by atoms with Crippen molar-refractivity contribution < 1.29 is 4.79 Å². The molecule has 0 saturated heterocycles. The fraction of sp³-hybridized carbons (Fsp3) is 0.800. The Morgan fingerprint density at radius 1 is 1.67 bits per heavy atom. The summed E-state index contributed by atoms with van der Waals surface area (Å²) in [7, 11) is 0. The molecule has 1 nitrogen and oxygen atoms in total. The molecule has 0 aromatic carbocycles. The molecule has 1 atom stereocenters. The van der Waals surface area contributed by atoms with E-state index in [1.165, 1.54) is 0 Å². The molecule has 0 unspecified atom stereocenters. The van der Waals surface area contributed by atoms with Crippen LogP contribution in [0, 0.1) is 5.41 Å². The average Bonchev–Trinajstić information content (AvgIpc) is 2.08. The van der Waals surface area contributed by atoms with Crippen molar-refractivity contribution in [1.29, 1.82) is 0 Å². The van der Waals surface area contributed by atoms with Gasteiger partial charge in [-0.05, 0) is 24.9 Å². The molecule has 0 radical (unpaired) electrons. The van der Waals surface area contributed by atoms with E-state index in [9.17, 15) is 4.79 Å². The van der Waals surface area contributed by atoms with Crippen LogP contribution in [0.1, 0.15) is 13.3 Å². The van der Waals surface area contributed by atoms with Crippen LogP contribution in [0.2, 0.25) is 0 Å². The van der Waals surface area contributed by atoms with Crippen molar-refractivity contribution >= 4 is 48.7 Å². The van der Waals surface area contributed by atoms with Gasteiger partial charge in [-0.3, -0.25) is 4.79 Å². The summed E-state index contributed by atoms with van der Waals surface area (Å²) in [5, 5.41) is -0.281. The van der Waals surface area contributed by atoms with Crippen molar-refractivity contribution in [3.05, 3.63) is 0 Å². The Kier molecular flexibility index (Phi) is 1.74. The molecular formula is C5H5Br2ClO. The molecule has 1 fully saturated rings. The maximum atomic E-state index is 10.6. The third-order valence-electron chi connectivity index (χ3n) is 1.69. The first-order valence-corrected chi connectivity index (χ1v) is 4.44. The van der Waals surface area contributed by atoms with Crippen molar-refractivity contribution in [3.63, 3.8) is 0 Å². The standard InChI is InChI=1S/C5H5Br2ClO/c1-4(3(8)9)2-5(4,6)7/h2H2,1H3/t4-/m0/s1. The molecule has 0 spiro atoms. The summed E-state index contributed by atoms with van der Waals surface area (Å²) in [6, 6.07) is 0. The van der Waals surface area contributed by atoms with Gasteiger partial charge in [-0.2, -0.15) is 0 Å². The number of hydrogen-bond acceptors (Lipinski definition) is 1. The van der Waals surface area contributed by atoms with E-state index in [1.54, 1.807) is 0 Å². The molecule has 0 amide bonds. The fourth-order valence-corrected chi connectivity index (χ4v) is 2.55. The van der Waals surface area contributed by atoms with E-state index >= 15 is 0 Å². The second kappa shape index (κ2) is 1.95. The van der Waals surface area contributed by atoms with Crippen molar-refractivity contribution in [3.8, 4) is 0 Å². The zero-order valence-corrected chi connectivity index (χ0v) is 8.68. The van der Waals surface area contributed by atoms with E-state index in [4.69, 9.17) is 11.6 Å². The minimum Gasteiger partial charge on any atom is -0.281 e. The maximum Gasteiger partial charge on any atom is 0.229 e. The topological polar surface area (TPSA) is 17.1 Å². The Bertz CT molecular complexity index is 168. The monoisotopic (exact) mass is 274 g/mol. The first-order valence-electron chi connectivity index (χ1n) is 2.48. The Morgan fingerprint density at radius 3 is 2.00 bits per heavy atom. The number of halogens is 3. The number of rotatable bonds is 1. The quantitative estimate of drug-likeness (QED) is 0.531. The minimum absolute atomic E-state index is 0.230. The highest BCUT2D eigenvalue weighted by Gasteiger charge is 2.66. The molecule has 1 aliphatic carbocycles. The van der Waals surface area contributed by atoms with Gasteiger partial charge >= 0.3 is 0 Å². The molecule has 0 aliphatic heterocycles. The van der Waals surface area contributed by atoms with Gasteiger partial charge in [0.2, 0.25) is 5.24 Å². The van der Waals surface area contributed by atoms with Gasteiger partial charge in [-0.25, -0.2) is 0 Å². The number of carbonyl (C=O) groups is 1. The van der Waals surface area contributed by atoms with Gasteiger partial charge in [-0.1, -0.05) is 31.9 Å². The molecule has 52 valence electrons. The molecule has 0 bridgehead atoms. The molecule has 0 aromatic rings. The van der Waals surface area contributed by atoms with E-state index in [2.05, 4.69) is 31.9 Å². The summed E-state index contributed by atoms with van der Waals surface area (Å²) >= 11 is 11.9. The minimum atomic E-state index is -0.394. The molecular weight excluding hydrogens is 271 g/mol. The van der Waals surface area contributed by atoms with Crippen molar-refractivity contribution in [2.24, 2.45) is 5.41 Å². The Balaban J connectivity index is 2.74. The predicted octanol–water partition coefficient (Wildman–Crippen LogP) is 2.65. The largest absolute Gasteiger partial charge is 0.281 e. The second-order valence-electron chi connectivity index (χ2n) is 2.49. The van der Waals surface area contributed by atoms with Crippen LogP contribution in [0.4, 0.5) is 0 Å². The first kappa shape index (κ1) is 8.02. The lowest BCUT2D eigenvalue weighted by Gasteiger charge is -2.03. The normalized spacial score (nSPS) is 38.2. The van der Waals surface area contributed by atoms with E-state index in [0.29, 0.717) is 0 Å². The molecule has 1 aliphatic rings. The Morgan fingerprint density at radius 2 is 2.00 bits per heavy atom. The average molecular weight is 276 g/mol. The highest BCUT2D eigenvalue weighted by atomic mass is 79.9. The molecule has 0 heterocycles. The van der Waals surface area contributed by atoms with Crippen molar-refractivity contribution in [2.75, 3.05) is 0 Å². The van der Waals surface area contributed by atoms with Gasteiger partial charge in [0.25, 0.3) is 0 Å². The van der Waals surface area contributed by atoms with Gasteiger partial charge in [0.15, 0.2) is 0 Å². The van der Waals surface area contributed by atoms with Gasteiger partial charge < -0.3 is 0 Å². The zero-order valence-electron chi connectivity index (χ0n) is 4.75. The van der Waals surface area contributed by atoms with Gasteiger partial charge in [0.05, 0.1) is 8.65 Å². The zero-order chi connectivity index (χ0) is 7.28. The number of carbonyl (C=O) groups excluding carboxylic acids is 1. The molecule has 9 heavy (non-hydrogen) atoms. The lowest BCUT2D eigenvalue weighted by Crippen LogP contribution is -2.11. The third kappa shape index (κ3) is 1.08. The van der Waals surface area contributed by atoms with Gasteiger partial charge in [0, 0.05) is 0 Å². The summed E-state index contributed by atoms with van der Waals surface area (Å²) in [5.74, 6) is 0. The lowest BCUT2D eigenvalue weighted by molar-refractivity contribution is -0.115. The van der Waals surface area contributed by atoms with E-state index < -0.39 is 5.41 Å². The summed E-state index contributed by atoms with van der Waals surface area (Å²) in [6.45, 7) is 1.83. The van der Waals surface area contributed by atoms with E-state index in [-0.39, 0.29) is 8.48 Å². The van der Waals surface area contributed by atoms with E-state index in [1.807, 2.05) is 6.92 Å². The van der Waals surface area contributed by atoms with Crippen LogP contribution >= 0.6 is 43.5 Å². The number of hydrogen-bond donors (Lipinski definition) is 0. The highest BCUT2D eigenvalue weighted by molar-refractivity contribution is 9.25. The van der Waals surface area contributed by atoms with Crippen LogP contribution in [-0.2, 0) is 4.79 Å². The summed E-state index contributed by atoms with van der Waals surface area (Å²) < 4.78 is -0.230. The Labute approximate surface area is 75.4 Å². The number of alkyl halides is 2. The SMILES string of the molecule is C[C@@]1(C(=O)Cl)CC1(Br)Br. The summed E-state index contributed by atoms with van der Waals surface area (Å²) in [4.78, 5) is 10.6. The van der Waals surface area contributed by atoms with Crippen molar-refractivity contribution in [1.82, 2.24) is 0 Å². The molecule has 1 saturated carbocycles. The lowest BCUT2D eigenvalue weighted by atomic mass is 10.2.